The Morgan fingerprint density at radius 2 is 1.86 bits per heavy atom. The molecule has 0 fully saturated rings. The molecule has 0 unspecified atom stereocenters. The summed E-state index contributed by atoms with van der Waals surface area (Å²) in [4.78, 5) is 22.1. The highest BCUT2D eigenvalue weighted by atomic mass is 16.3. The van der Waals surface area contributed by atoms with Gasteiger partial charge in [-0.1, -0.05) is 0 Å². The molecule has 0 radical (unpaired) electrons. The van der Waals surface area contributed by atoms with Crippen LogP contribution in [0.25, 0.3) is 11.4 Å². The van der Waals surface area contributed by atoms with Crippen molar-refractivity contribution in [3.05, 3.63) is 41.7 Å². The zero-order chi connectivity index (χ0) is 9.80. The topological polar surface area (TPSA) is 68.1 Å². The maximum absolute atomic E-state index is 10.2. The molecule has 2 aromatic heterocycles. The maximum atomic E-state index is 10.2. The lowest BCUT2D eigenvalue weighted by molar-refractivity contribution is 1.15. The van der Waals surface area contributed by atoms with Crippen molar-refractivity contribution in [1.29, 1.82) is 0 Å². The molecular formula is C9H6N4O. The molecule has 0 aliphatic rings. The fraction of sp³-hybridized carbons (Fsp3) is 0. The first-order valence-corrected chi connectivity index (χ1v) is 3.97. The Labute approximate surface area is 79.8 Å². The third-order valence-corrected chi connectivity index (χ3v) is 1.67. The zero-order valence-corrected chi connectivity index (χ0v) is 7.16. The number of hydrogen-bond donors (Lipinski definition) is 0. The first-order chi connectivity index (χ1) is 6.90. The van der Waals surface area contributed by atoms with Crippen LogP contribution in [-0.4, -0.2) is 15.0 Å². The van der Waals surface area contributed by atoms with Crippen LogP contribution in [0.4, 0.5) is 5.82 Å². The number of aromatic nitrogens is 3. The third kappa shape index (κ3) is 1.61. The van der Waals surface area contributed by atoms with E-state index in [-0.39, 0.29) is 5.82 Å². The van der Waals surface area contributed by atoms with Crippen LogP contribution in [0.1, 0.15) is 0 Å². The summed E-state index contributed by atoms with van der Waals surface area (Å²) in [5.41, 5.74) is 0.811. The minimum absolute atomic E-state index is 0.131. The molecule has 0 aliphatic carbocycles. The van der Waals surface area contributed by atoms with Gasteiger partial charge < -0.3 is 0 Å². The molecule has 0 saturated heterocycles. The highest BCUT2D eigenvalue weighted by Crippen LogP contribution is 2.15. The van der Waals surface area contributed by atoms with Crippen LogP contribution in [-0.2, 0) is 0 Å². The molecule has 2 aromatic rings. The van der Waals surface area contributed by atoms with Crippen molar-refractivity contribution in [2.45, 2.75) is 0 Å². The molecule has 5 heteroatoms. The molecule has 0 N–H and O–H groups in total. The van der Waals surface area contributed by atoms with Crippen LogP contribution in [0.15, 0.2) is 42.0 Å². The average molecular weight is 186 g/mol. The van der Waals surface area contributed by atoms with Crippen molar-refractivity contribution in [1.82, 2.24) is 15.0 Å². The number of pyridine rings is 1. The SMILES string of the molecule is O=Nc1ccnc(-c2ccncc2)n1. The summed E-state index contributed by atoms with van der Waals surface area (Å²) in [6.07, 6.45) is 4.78. The second-order valence-electron chi connectivity index (χ2n) is 2.57. The van der Waals surface area contributed by atoms with E-state index in [2.05, 4.69) is 20.1 Å². The predicted octanol–water partition coefficient (Wildman–Crippen LogP) is 1.94. The first kappa shape index (κ1) is 8.43. The Hall–Kier alpha value is -2.17. The maximum Gasteiger partial charge on any atom is 0.200 e. The summed E-state index contributed by atoms with van der Waals surface area (Å²) < 4.78 is 0. The summed E-state index contributed by atoms with van der Waals surface area (Å²) in [5.74, 6) is 0.608. The Morgan fingerprint density at radius 1 is 1.07 bits per heavy atom. The van der Waals surface area contributed by atoms with E-state index in [0.29, 0.717) is 5.82 Å². The largest absolute Gasteiger partial charge is 0.265 e. The summed E-state index contributed by atoms with van der Waals surface area (Å²) in [6.45, 7) is 0. The lowest BCUT2D eigenvalue weighted by atomic mass is 10.2. The van der Waals surface area contributed by atoms with Gasteiger partial charge in [0.25, 0.3) is 0 Å². The van der Waals surface area contributed by atoms with Gasteiger partial charge >= 0.3 is 0 Å². The van der Waals surface area contributed by atoms with E-state index in [1.165, 1.54) is 12.3 Å². The summed E-state index contributed by atoms with van der Waals surface area (Å²) in [6, 6.07) is 4.99. The molecule has 0 saturated carbocycles. The van der Waals surface area contributed by atoms with Gasteiger partial charge in [-0.15, -0.1) is 4.91 Å². The van der Waals surface area contributed by atoms with Gasteiger partial charge in [-0.25, -0.2) is 9.97 Å². The standard InChI is InChI=1S/C9H6N4O/c14-13-8-3-6-11-9(12-8)7-1-4-10-5-2-7/h1-6H. The molecule has 0 bridgehead atoms. The minimum Gasteiger partial charge on any atom is -0.265 e. The molecule has 5 nitrogen and oxygen atoms in total. The van der Waals surface area contributed by atoms with E-state index in [0.717, 1.165) is 5.56 Å². The van der Waals surface area contributed by atoms with E-state index in [1.807, 2.05) is 0 Å². The molecule has 0 atom stereocenters. The van der Waals surface area contributed by atoms with Crippen LogP contribution in [0.3, 0.4) is 0 Å². The quantitative estimate of drug-likeness (QED) is 0.672. The van der Waals surface area contributed by atoms with Crippen molar-refractivity contribution in [2.75, 3.05) is 0 Å². The molecule has 68 valence electrons. The summed E-state index contributed by atoms with van der Waals surface area (Å²) in [7, 11) is 0. The fourth-order valence-electron chi connectivity index (χ4n) is 1.04. The predicted molar refractivity (Wildman–Crippen MR) is 50.7 cm³/mol. The van der Waals surface area contributed by atoms with Crippen LogP contribution in [0.5, 0.6) is 0 Å². The van der Waals surface area contributed by atoms with E-state index in [9.17, 15) is 4.91 Å². The van der Waals surface area contributed by atoms with Crippen LogP contribution in [0, 0.1) is 4.91 Å². The molecule has 0 aromatic carbocycles. The van der Waals surface area contributed by atoms with Gasteiger partial charge in [0.2, 0.25) is 0 Å². The number of hydrogen-bond acceptors (Lipinski definition) is 5. The van der Waals surface area contributed by atoms with Crippen molar-refractivity contribution in [3.8, 4) is 11.4 Å². The van der Waals surface area contributed by atoms with Crippen LogP contribution >= 0.6 is 0 Å². The molecule has 0 spiro atoms. The third-order valence-electron chi connectivity index (χ3n) is 1.67. The van der Waals surface area contributed by atoms with E-state index in [4.69, 9.17) is 0 Å². The van der Waals surface area contributed by atoms with Crippen molar-refractivity contribution in [3.63, 3.8) is 0 Å². The smallest absolute Gasteiger partial charge is 0.200 e. The molecule has 2 heterocycles. The molecule has 0 aliphatic heterocycles. The Bertz CT molecular complexity index is 444. The second kappa shape index (κ2) is 3.69. The van der Waals surface area contributed by atoms with Gasteiger partial charge in [0.05, 0.1) is 0 Å². The number of rotatable bonds is 2. The monoisotopic (exact) mass is 186 g/mol. The van der Waals surface area contributed by atoms with Gasteiger partial charge in [0.1, 0.15) is 0 Å². The molecular weight excluding hydrogens is 180 g/mol. The lowest BCUT2D eigenvalue weighted by Crippen LogP contribution is -1.87. The van der Waals surface area contributed by atoms with E-state index < -0.39 is 0 Å². The lowest BCUT2D eigenvalue weighted by Gasteiger charge is -1.97. The summed E-state index contributed by atoms with van der Waals surface area (Å²) >= 11 is 0. The fourth-order valence-corrected chi connectivity index (χ4v) is 1.04. The normalized spacial score (nSPS) is 9.71. The van der Waals surface area contributed by atoms with Crippen LogP contribution < -0.4 is 0 Å². The van der Waals surface area contributed by atoms with Crippen LogP contribution in [0.2, 0.25) is 0 Å². The molecule has 0 amide bonds. The van der Waals surface area contributed by atoms with Gasteiger partial charge in [-0.2, -0.15) is 0 Å². The zero-order valence-electron chi connectivity index (χ0n) is 7.16. The van der Waals surface area contributed by atoms with E-state index in [1.54, 1.807) is 24.5 Å². The Balaban J connectivity index is 2.47. The molecule has 14 heavy (non-hydrogen) atoms. The highest BCUT2D eigenvalue weighted by molar-refractivity contribution is 5.54. The number of nitrogens with zero attached hydrogens (tertiary/aromatic N) is 4. The first-order valence-electron chi connectivity index (χ1n) is 3.97. The Morgan fingerprint density at radius 3 is 2.57 bits per heavy atom. The van der Waals surface area contributed by atoms with Crippen molar-refractivity contribution < 1.29 is 0 Å². The minimum atomic E-state index is 0.131. The van der Waals surface area contributed by atoms with E-state index >= 15 is 0 Å². The second-order valence-corrected chi connectivity index (χ2v) is 2.57. The van der Waals surface area contributed by atoms with Crippen molar-refractivity contribution in [2.24, 2.45) is 5.18 Å². The highest BCUT2D eigenvalue weighted by Gasteiger charge is 2.01. The van der Waals surface area contributed by atoms with Gasteiger partial charge in [-0.05, 0) is 17.3 Å². The molecule has 2 rings (SSSR count). The van der Waals surface area contributed by atoms with Gasteiger partial charge in [0, 0.05) is 30.2 Å². The Kier molecular flexibility index (Phi) is 2.22. The van der Waals surface area contributed by atoms with Gasteiger partial charge in [0.15, 0.2) is 11.6 Å². The average Bonchev–Trinajstić information content (AvgIpc) is 2.30. The summed E-state index contributed by atoms with van der Waals surface area (Å²) in [5, 5.41) is 2.74. The number of nitroso groups, excluding NO2 is 1. The van der Waals surface area contributed by atoms with Crippen molar-refractivity contribution >= 4 is 5.82 Å². The van der Waals surface area contributed by atoms with Gasteiger partial charge in [-0.3, -0.25) is 4.98 Å².